The Labute approximate surface area is 167 Å². The van der Waals surface area contributed by atoms with Gasteiger partial charge in [0.2, 0.25) is 17.5 Å². The van der Waals surface area contributed by atoms with E-state index in [-0.39, 0.29) is 11.5 Å². The van der Waals surface area contributed by atoms with Gasteiger partial charge in [-0.25, -0.2) is 4.39 Å². The number of halogens is 1. The molecule has 1 N–H and O–H groups in total. The average molecular weight is 383 g/mol. The van der Waals surface area contributed by atoms with E-state index in [1.165, 1.54) is 6.07 Å². The average Bonchev–Trinajstić information content (AvgIpc) is 3.42. The fraction of sp³-hybridized carbons (Fsp3) is 0.167. The normalized spacial score (nSPS) is 17.8. The third-order valence-corrected chi connectivity index (χ3v) is 5.48. The van der Waals surface area contributed by atoms with Crippen molar-refractivity contribution in [2.24, 2.45) is 5.92 Å². The minimum atomic E-state index is -0.206. The van der Waals surface area contributed by atoms with E-state index >= 15 is 0 Å². The first-order valence-corrected chi connectivity index (χ1v) is 9.61. The van der Waals surface area contributed by atoms with Gasteiger partial charge in [-0.15, -0.1) is 0 Å². The number of benzene rings is 3. The van der Waals surface area contributed by atoms with Gasteiger partial charge in [-0.2, -0.15) is 10.2 Å². The number of anilines is 1. The lowest BCUT2D eigenvalue weighted by Gasteiger charge is -2.04. The molecule has 1 aromatic heterocycles. The third kappa shape index (κ3) is 3.34. The molecular weight excluding hydrogens is 365 g/mol. The van der Waals surface area contributed by atoms with Crippen molar-refractivity contribution >= 4 is 16.7 Å². The van der Waals surface area contributed by atoms with E-state index in [2.05, 4.69) is 16.4 Å². The van der Waals surface area contributed by atoms with Gasteiger partial charge in [0.1, 0.15) is 11.9 Å². The largest absolute Gasteiger partial charge is 0.419 e. The van der Waals surface area contributed by atoms with E-state index in [1.54, 1.807) is 12.1 Å². The number of oxazole rings is 1. The zero-order valence-electron chi connectivity index (χ0n) is 15.6. The van der Waals surface area contributed by atoms with Crippen molar-refractivity contribution in [3.8, 4) is 17.5 Å². The van der Waals surface area contributed by atoms with Crippen LogP contribution in [0.15, 0.2) is 71.1 Å². The second-order valence-corrected chi connectivity index (χ2v) is 7.37. The van der Waals surface area contributed by atoms with E-state index < -0.39 is 0 Å². The molecule has 5 heteroatoms. The van der Waals surface area contributed by atoms with Crippen LogP contribution in [0.2, 0.25) is 0 Å². The molecule has 0 spiro atoms. The highest BCUT2D eigenvalue weighted by Gasteiger charge is 2.38. The minimum absolute atomic E-state index is 0.206. The van der Waals surface area contributed by atoms with Gasteiger partial charge in [0.05, 0.1) is 0 Å². The maximum atomic E-state index is 13.4. The lowest BCUT2D eigenvalue weighted by molar-refractivity contribution is 0.583. The molecule has 1 aliphatic carbocycles. The van der Waals surface area contributed by atoms with E-state index in [1.807, 2.05) is 48.5 Å². The van der Waals surface area contributed by atoms with Crippen LogP contribution >= 0.6 is 0 Å². The molecule has 1 aliphatic rings. The zero-order valence-corrected chi connectivity index (χ0v) is 15.6. The van der Waals surface area contributed by atoms with Gasteiger partial charge in [-0.3, -0.25) is 0 Å². The standard InChI is InChI=1S/C24H18FN3O/c25-18-8-3-7-16(11-18)21-12-17(21)14-27-24-22(13-26)28-23(29-24)20-10-4-6-15-5-1-2-9-19(15)20/h1-11,17,21,27H,12,14H2. The molecule has 1 saturated carbocycles. The summed E-state index contributed by atoms with van der Waals surface area (Å²) in [6, 6.07) is 22.8. The van der Waals surface area contributed by atoms with Gasteiger partial charge in [0.15, 0.2) is 0 Å². The van der Waals surface area contributed by atoms with Gasteiger partial charge < -0.3 is 9.73 Å². The molecule has 0 aliphatic heterocycles. The van der Waals surface area contributed by atoms with Crippen LogP contribution in [0.4, 0.5) is 10.3 Å². The van der Waals surface area contributed by atoms with E-state index in [9.17, 15) is 9.65 Å². The monoisotopic (exact) mass is 383 g/mol. The first-order valence-electron chi connectivity index (χ1n) is 9.61. The zero-order chi connectivity index (χ0) is 19.8. The highest BCUT2D eigenvalue weighted by Crippen LogP contribution is 2.47. The Bertz CT molecular complexity index is 1240. The van der Waals surface area contributed by atoms with Crippen molar-refractivity contribution in [1.82, 2.24) is 4.98 Å². The Hall–Kier alpha value is -3.65. The summed E-state index contributed by atoms with van der Waals surface area (Å²) >= 11 is 0. The predicted molar refractivity (Wildman–Crippen MR) is 110 cm³/mol. The van der Waals surface area contributed by atoms with Gasteiger partial charge in [-0.05, 0) is 52.8 Å². The van der Waals surface area contributed by atoms with Gasteiger partial charge >= 0.3 is 0 Å². The molecule has 1 heterocycles. The van der Waals surface area contributed by atoms with Crippen LogP contribution in [0.1, 0.15) is 23.6 Å². The Morgan fingerprint density at radius 3 is 2.79 bits per heavy atom. The molecule has 0 saturated heterocycles. The van der Waals surface area contributed by atoms with Gasteiger partial charge in [0.25, 0.3) is 0 Å². The van der Waals surface area contributed by atoms with E-state index in [4.69, 9.17) is 4.42 Å². The Morgan fingerprint density at radius 1 is 1.10 bits per heavy atom. The summed E-state index contributed by atoms with van der Waals surface area (Å²) in [7, 11) is 0. The molecule has 1 fully saturated rings. The molecule has 0 radical (unpaired) electrons. The number of hydrogen-bond donors (Lipinski definition) is 1. The fourth-order valence-corrected chi connectivity index (χ4v) is 3.89. The van der Waals surface area contributed by atoms with Crippen molar-refractivity contribution in [2.45, 2.75) is 12.3 Å². The van der Waals surface area contributed by atoms with Crippen LogP contribution in [0.5, 0.6) is 0 Å². The van der Waals surface area contributed by atoms with E-state index in [0.29, 0.717) is 30.2 Å². The number of rotatable bonds is 5. The molecular formula is C24H18FN3O. The van der Waals surface area contributed by atoms with Crippen molar-refractivity contribution in [3.63, 3.8) is 0 Å². The third-order valence-electron chi connectivity index (χ3n) is 5.48. The van der Waals surface area contributed by atoms with E-state index in [0.717, 1.165) is 28.3 Å². The molecule has 4 aromatic rings. The topological polar surface area (TPSA) is 61.9 Å². The summed E-state index contributed by atoms with van der Waals surface area (Å²) in [4.78, 5) is 4.40. The first-order chi connectivity index (χ1) is 14.2. The molecule has 0 bridgehead atoms. The van der Waals surface area contributed by atoms with Gasteiger partial charge in [0, 0.05) is 12.1 Å². The maximum Gasteiger partial charge on any atom is 0.232 e. The summed E-state index contributed by atoms with van der Waals surface area (Å²) < 4.78 is 19.4. The van der Waals surface area contributed by atoms with Crippen molar-refractivity contribution < 1.29 is 8.81 Å². The quantitative estimate of drug-likeness (QED) is 0.479. The van der Waals surface area contributed by atoms with Gasteiger partial charge in [-0.1, -0.05) is 48.5 Å². The number of nitriles is 1. The molecule has 142 valence electrons. The SMILES string of the molecule is N#Cc1nc(-c2cccc3ccccc23)oc1NCC1CC1c1cccc(F)c1. The van der Waals surface area contributed by atoms with Crippen LogP contribution in [0, 0.1) is 23.1 Å². The summed E-state index contributed by atoms with van der Waals surface area (Å²) in [6.07, 6.45) is 0.989. The molecule has 0 amide bonds. The molecule has 3 aromatic carbocycles. The van der Waals surface area contributed by atoms with Crippen molar-refractivity contribution in [3.05, 3.63) is 83.8 Å². The van der Waals surface area contributed by atoms with Crippen molar-refractivity contribution in [2.75, 3.05) is 11.9 Å². The fourth-order valence-electron chi connectivity index (χ4n) is 3.89. The number of hydrogen-bond acceptors (Lipinski definition) is 4. The maximum absolute atomic E-state index is 13.4. The van der Waals surface area contributed by atoms with Crippen LogP contribution in [0.25, 0.3) is 22.2 Å². The minimum Gasteiger partial charge on any atom is -0.419 e. The Kier molecular flexibility index (Phi) is 4.25. The summed E-state index contributed by atoms with van der Waals surface area (Å²) in [5.74, 6) is 1.33. The Morgan fingerprint density at radius 2 is 1.93 bits per heavy atom. The highest BCUT2D eigenvalue weighted by molar-refractivity contribution is 5.94. The van der Waals surface area contributed by atoms with Crippen LogP contribution in [0.3, 0.4) is 0 Å². The summed E-state index contributed by atoms with van der Waals surface area (Å²) in [5.41, 5.74) is 2.12. The second-order valence-electron chi connectivity index (χ2n) is 7.37. The molecule has 29 heavy (non-hydrogen) atoms. The molecule has 2 atom stereocenters. The number of nitrogens with zero attached hydrogens (tertiary/aromatic N) is 2. The Balaban J connectivity index is 1.36. The summed E-state index contributed by atoms with van der Waals surface area (Å²) in [5, 5.41) is 14.8. The van der Waals surface area contributed by atoms with Crippen LogP contribution < -0.4 is 5.32 Å². The lowest BCUT2D eigenvalue weighted by atomic mass is 10.0. The lowest BCUT2D eigenvalue weighted by Crippen LogP contribution is -2.05. The second kappa shape index (κ2) is 7.06. The smallest absolute Gasteiger partial charge is 0.232 e. The van der Waals surface area contributed by atoms with Crippen LogP contribution in [-0.2, 0) is 0 Å². The first kappa shape index (κ1) is 17.4. The highest BCUT2D eigenvalue weighted by atomic mass is 19.1. The summed E-state index contributed by atoms with van der Waals surface area (Å²) in [6.45, 7) is 0.653. The van der Waals surface area contributed by atoms with Crippen molar-refractivity contribution in [1.29, 1.82) is 5.26 Å². The number of nitrogens with one attached hydrogen (secondary N) is 1. The predicted octanol–water partition coefficient (Wildman–Crippen LogP) is 5.72. The molecule has 4 nitrogen and oxygen atoms in total. The van der Waals surface area contributed by atoms with Crippen LogP contribution in [-0.4, -0.2) is 11.5 Å². The molecule has 5 rings (SSSR count). The number of fused-ring (bicyclic) bond motifs is 1. The number of aromatic nitrogens is 1. The molecule has 2 unspecified atom stereocenters.